The Morgan fingerprint density at radius 3 is 2.21 bits per heavy atom. The number of hydrogen-bond acceptors (Lipinski definition) is 3. The van der Waals surface area contributed by atoms with Crippen molar-refractivity contribution in [1.82, 2.24) is 5.32 Å². The van der Waals surface area contributed by atoms with Gasteiger partial charge < -0.3 is 5.32 Å². The summed E-state index contributed by atoms with van der Waals surface area (Å²) in [7, 11) is -3.89. The van der Waals surface area contributed by atoms with Crippen LogP contribution in [0.2, 0.25) is 0 Å². The summed E-state index contributed by atoms with van der Waals surface area (Å²) >= 11 is 0. The second-order valence-corrected chi connectivity index (χ2v) is 8.79. The highest BCUT2D eigenvalue weighted by atomic mass is 32.2. The number of nitrogens with one attached hydrogen (secondary N) is 1. The van der Waals surface area contributed by atoms with Crippen molar-refractivity contribution in [3.05, 3.63) is 95.6 Å². The van der Waals surface area contributed by atoms with E-state index in [0.29, 0.717) is 12.2 Å². The Morgan fingerprint density at radius 2 is 1.55 bits per heavy atom. The van der Waals surface area contributed by atoms with Crippen molar-refractivity contribution in [2.75, 3.05) is 10.8 Å². The second-order valence-electron chi connectivity index (χ2n) is 6.93. The second kappa shape index (κ2) is 8.92. The number of hydrogen-bond donors (Lipinski definition) is 1. The Hall–Kier alpha value is -3.12. The first kappa shape index (κ1) is 20.6. The molecule has 0 atom stereocenters. The lowest BCUT2D eigenvalue weighted by molar-refractivity contribution is -0.119. The molecule has 0 saturated heterocycles. The van der Waals surface area contributed by atoms with Crippen LogP contribution in [0.1, 0.15) is 16.7 Å². The summed E-state index contributed by atoms with van der Waals surface area (Å²) < 4.78 is 27.8. The molecule has 3 rings (SSSR count). The zero-order chi connectivity index (χ0) is 20.9. The van der Waals surface area contributed by atoms with Crippen molar-refractivity contribution in [1.29, 1.82) is 0 Å². The summed E-state index contributed by atoms with van der Waals surface area (Å²) in [5, 5.41) is 2.80. The van der Waals surface area contributed by atoms with Gasteiger partial charge in [-0.25, -0.2) is 8.42 Å². The average molecular weight is 409 g/mol. The number of aryl methyl sites for hydroxylation is 2. The number of benzene rings is 3. The van der Waals surface area contributed by atoms with Gasteiger partial charge in [0.15, 0.2) is 0 Å². The van der Waals surface area contributed by atoms with Crippen LogP contribution in [0.4, 0.5) is 5.69 Å². The Labute approximate surface area is 172 Å². The fourth-order valence-electron chi connectivity index (χ4n) is 2.92. The van der Waals surface area contributed by atoms with Crippen LogP contribution in [0.15, 0.2) is 83.8 Å². The third-order valence-corrected chi connectivity index (χ3v) is 6.31. The van der Waals surface area contributed by atoms with Crippen LogP contribution in [0, 0.1) is 13.8 Å². The van der Waals surface area contributed by atoms with Crippen molar-refractivity contribution in [2.24, 2.45) is 0 Å². The Kier molecular flexibility index (Phi) is 6.34. The van der Waals surface area contributed by atoms with Crippen LogP contribution in [-0.2, 0) is 21.4 Å². The molecule has 5 nitrogen and oxygen atoms in total. The largest absolute Gasteiger partial charge is 0.350 e. The van der Waals surface area contributed by atoms with E-state index in [2.05, 4.69) is 5.32 Å². The van der Waals surface area contributed by atoms with Crippen molar-refractivity contribution in [3.8, 4) is 0 Å². The van der Waals surface area contributed by atoms with E-state index in [-0.39, 0.29) is 17.3 Å². The van der Waals surface area contributed by atoms with Crippen LogP contribution < -0.4 is 9.62 Å². The van der Waals surface area contributed by atoms with Crippen LogP contribution in [0.5, 0.6) is 0 Å². The molecule has 0 fully saturated rings. The molecule has 3 aromatic carbocycles. The maximum Gasteiger partial charge on any atom is 0.264 e. The third kappa shape index (κ3) is 5.23. The van der Waals surface area contributed by atoms with E-state index in [1.807, 2.05) is 50.2 Å². The van der Waals surface area contributed by atoms with Gasteiger partial charge in [-0.15, -0.1) is 0 Å². The monoisotopic (exact) mass is 408 g/mol. The molecule has 0 bridgehead atoms. The fourth-order valence-corrected chi connectivity index (χ4v) is 4.33. The van der Waals surface area contributed by atoms with Gasteiger partial charge in [-0.3, -0.25) is 9.10 Å². The van der Waals surface area contributed by atoms with Gasteiger partial charge in [0.1, 0.15) is 6.54 Å². The minimum Gasteiger partial charge on any atom is -0.350 e. The minimum absolute atomic E-state index is 0.153. The molecule has 0 radical (unpaired) electrons. The molecule has 0 aliphatic carbocycles. The number of amides is 1. The zero-order valence-electron chi connectivity index (χ0n) is 16.5. The van der Waals surface area contributed by atoms with Crippen LogP contribution in [0.3, 0.4) is 0 Å². The molecule has 0 spiro atoms. The zero-order valence-corrected chi connectivity index (χ0v) is 17.3. The molecule has 0 aliphatic heterocycles. The highest BCUT2D eigenvalue weighted by molar-refractivity contribution is 7.92. The lowest BCUT2D eigenvalue weighted by atomic mass is 10.2. The van der Waals surface area contributed by atoms with Crippen molar-refractivity contribution in [2.45, 2.75) is 25.3 Å². The first-order chi connectivity index (χ1) is 13.9. The van der Waals surface area contributed by atoms with E-state index < -0.39 is 10.0 Å². The number of rotatable bonds is 7. The smallest absolute Gasteiger partial charge is 0.264 e. The van der Waals surface area contributed by atoms with Gasteiger partial charge in [-0.1, -0.05) is 60.2 Å². The lowest BCUT2D eigenvalue weighted by Crippen LogP contribution is -2.40. The Morgan fingerprint density at radius 1 is 0.862 bits per heavy atom. The quantitative estimate of drug-likeness (QED) is 0.646. The van der Waals surface area contributed by atoms with E-state index in [9.17, 15) is 13.2 Å². The predicted molar refractivity (Wildman–Crippen MR) is 115 cm³/mol. The summed E-state index contributed by atoms with van der Waals surface area (Å²) in [6, 6.07) is 23.2. The molecule has 1 N–H and O–H groups in total. The van der Waals surface area contributed by atoms with Gasteiger partial charge in [0.05, 0.1) is 10.6 Å². The van der Waals surface area contributed by atoms with Crippen molar-refractivity contribution >= 4 is 21.6 Å². The number of sulfonamides is 1. The standard InChI is InChI=1S/C23H24N2O3S/c1-18-11-13-22(14-12-18)29(27,28)25(21-10-6-7-19(2)15-21)17-23(26)24-16-20-8-4-3-5-9-20/h3-15H,16-17H2,1-2H3,(H,24,26). The van der Waals surface area contributed by atoms with Crippen molar-refractivity contribution in [3.63, 3.8) is 0 Å². The molecule has 6 heteroatoms. The van der Waals surface area contributed by atoms with E-state index in [1.165, 1.54) is 0 Å². The Bertz CT molecular complexity index is 1080. The Balaban J connectivity index is 1.87. The van der Waals surface area contributed by atoms with Crippen molar-refractivity contribution < 1.29 is 13.2 Å². The van der Waals surface area contributed by atoms with Gasteiger partial charge in [0.25, 0.3) is 10.0 Å². The number of nitrogens with zero attached hydrogens (tertiary/aromatic N) is 1. The van der Waals surface area contributed by atoms with E-state index in [1.54, 1.807) is 42.5 Å². The first-order valence-corrected chi connectivity index (χ1v) is 10.8. The number of anilines is 1. The van der Waals surface area contributed by atoms with Gasteiger partial charge in [-0.05, 0) is 49.2 Å². The van der Waals surface area contributed by atoms with Gasteiger partial charge in [-0.2, -0.15) is 0 Å². The molecule has 0 aliphatic rings. The molecule has 0 saturated carbocycles. The summed E-state index contributed by atoms with van der Waals surface area (Å²) in [5.74, 6) is -0.369. The first-order valence-electron chi connectivity index (χ1n) is 9.33. The lowest BCUT2D eigenvalue weighted by Gasteiger charge is -2.24. The molecule has 1 amide bonds. The van der Waals surface area contributed by atoms with Crippen LogP contribution in [-0.4, -0.2) is 20.9 Å². The predicted octanol–water partition coefficient (Wildman–Crippen LogP) is 3.82. The highest BCUT2D eigenvalue weighted by Crippen LogP contribution is 2.24. The highest BCUT2D eigenvalue weighted by Gasteiger charge is 2.27. The SMILES string of the molecule is Cc1ccc(S(=O)(=O)N(CC(=O)NCc2ccccc2)c2cccc(C)c2)cc1. The third-order valence-electron chi connectivity index (χ3n) is 4.52. The number of carbonyl (C=O) groups is 1. The molecule has 0 heterocycles. The molecule has 29 heavy (non-hydrogen) atoms. The average Bonchev–Trinajstić information content (AvgIpc) is 2.71. The summed E-state index contributed by atoms with van der Waals surface area (Å²) in [6.07, 6.45) is 0. The molecule has 0 unspecified atom stereocenters. The molecular weight excluding hydrogens is 384 g/mol. The summed E-state index contributed by atoms with van der Waals surface area (Å²) in [5.41, 5.74) is 3.28. The molecule has 150 valence electrons. The fraction of sp³-hybridized carbons (Fsp3) is 0.174. The minimum atomic E-state index is -3.89. The van der Waals surface area contributed by atoms with Crippen LogP contribution >= 0.6 is 0 Å². The molecular formula is C23H24N2O3S. The van der Waals surface area contributed by atoms with Gasteiger partial charge >= 0.3 is 0 Å². The number of carbonyl (C=O) groups excluding carboxylic acids is 1. The summed E-state index contributed by atoms with van der Waals surface area (Å²) in [6.45, 7) is 3.82. The van der Waals surface area contributed by atoms with Gasteiger partial charge in [0.2, 0.25) is 5.91 Å². The van der Waals surface area contributed by atoms with E-state index >= 15 is 0 Å². The summed E-state index contributed by atoms with van der Waals surface area (Å²) in [4.78, 5) is 12.8. The van der Waals surface area contributed by atoms with E-state index in [4.69, 9.17) is 0 Å². The molecule has 0 aromatic heterocycles. The topological polar surface area (TPSA) is 66.5 Å². The maximum atomic E-state index is 13.3. The van der Waals surface area contributed by atoms with E-state index in [0.717, 1.165) is 21.0 Å². The molecule has 3 aromatic rings. The normalized spacial score (nSPS) is 11.1. The van der Waals surface area contributed by atoms with Gasteiger partial charge in [0, 0.05) is 6.54 Å². The maximum absolute atomic E-state index is 13.3. The van der Waals surface area contributed by atoms with Crippen LogP contribution in [0.25, 0.3) is 0 Å².